The highest BCUT2D eigenvalue weighted by Gasteiger charge is 2.32. The van der Waals surface area contributed by atoms with Gasteiger partial charge in [0.15, 0.2) is 0 Å². The number of benzene rings is 1. The summed E-state index contributed by atoms with van der Waals surface area (Å²) in [7, 11) is 3.19. The Morgan fingerprint density at radius 3 is 2.17 bits per heavy atom. The maximum absolute atomic E-state index is 13.0. The Balaban J connectivity index is 1.67. The van der Waals surface area contributed by atoms with Gasteiger partial charge in [0.25, 0.3) is 5.91 Å². The van der Waals surface area contributed by atoms with Crippen LogP contribution in [-0.2, 0) is 0 Å². The van der Waals surface area contributed by atoms with Crippen molar-refractivity contribution in [2.24, 2.45) is 0 Å². The molecule has 0 atom stereocenters. The Bertz CT molecular complexity index is 539. The van der Waals surface area contributed by atoms with Crippen LogP contribution in [0.1, 0.15) is 42.5 Å². The van der Waals surface area contributed by atoms with Crippen molar-refractivity contribution in [2.75, 3.05) is 40.4 Å². The van der Waals surface area contributed by atoms with Crippen molar-refractivity contribution < 1.29 is 19.2 Å². The number of methoxy groups -OCH3 is 2. The lowest BCUT2D eigenvalue weighted by Crippen LogP contribution is -3.18. The number of hydrogen-bond acceptors (Lipinski definition) is 3. The van der Waals surface area contributed by atoms with Crippen LogP contribution < -0.4 is 14.4 Å². The molecule has 132 valence electrons. The highest BCUT2D eigenvalue weighted by atomic mass is 16.5. The number of quaternary nitrogens is 1. The van der Waals surface area contributed by atoms with Gasteiger partial charge in [-0.25, -0.2) is 0 Å². The first-order chi connectivity index (χ1) is 11.7. The molecule has 1 aromatic rings. The molecule has 1 amide bonds. The van der Waals surface area contributed by atoms with Gasteiger partial charge in [0.2, 0.25) is 0 Å². The van der Waals surface area contributed by atoms with E-state index in [1.165, 1.54) is 32.1 Å². The van der Waals surface area contributed by atoms with Crippen LogP contribution in [0.5, 0.6) is 11.5 Å². The molecule has 5 nitrogen and oxygen atoms in total. The van der Waals surface area contributed by atoms with Crippen LogP contribution in [-0.4, -0.2) is 57.2 Å². The van der Waals surface area contributed by atoms with Gasteiger partial charge >= 0.3 is 0 Å². The van der Waals surface area contributed by atoms with E-state index in [0.717, 1.165) is 32.2 Å². The Morgan fingerprint density at radius 1 is 1.04 bits per heavy atom. The molecule has 0 spiro atoms. The fourth-order valence-corrected chi connectivity index (χ4v) is 4.14. The number of carbonyl (C=O) groups excluding carboxylic acids is 1. The average molecular weight is 333 g/mol. The van der Waals surface area contributed by atoms with E-state index in [2.05, 4.69) is 0 Å². The average Bonchev–Trinajstić information content (AvgIpc) is 2.67. The molecule has 5 heteroatoms. The zero-order valence-electron chi connectivity index (χ0n) is 14.8. The zero-order chi connectivity index (χ0) is 16.9. The van der Waals surface area contributed by atoms with Gasteiger partial charge in [-0.05, 0) is 37.8 Å². The predicted octanol–water partition coefficient (Wildman–Crippen LogP) is 1.38. The van der Waals surface area contributed by atoms with Crippen molar-refractivity contribution in [1.29, 1.82) is 0 Å². The number of nitrogens with one attached hydrogen (secondary N) is 1. The van der Waals surface area contributed by atoms with E-state index >= 15 is 0 Å². The molecule has 1 saturated heterocycles. The number of amides is 1. The third-order valence-electron chi connectivity index (χ3n) is 5.52. The first kappa shape index (κ1) is 17.1. The van der Waals surface area contributed by atoms with Crippen LogP contribution in [0.3, 0.4) is 0 Å². The Hall–Kier alpha value is -1.75. The van der Waals surface area contributed by atoms with Gasteiger partial charge in [0, 0.05) is 0 Å². The van der Waals surface area contributed by atoms with Crippen molar-refractivity contribution in [3.8, 4) is 11.5 Å². The predicted molar refractivity (Wildman–Crippen MR) is 93.0 cm³/mol. The lowest BCUT2D eigenvalue weighted by Gasteiger charge is -2.38. The molecule has 2 aliphatic rings. The molecular weight excluding hydrogens is 304 g/mol. The number of ether oxygens (including phenoxy) is 2. The van der Waals surface area contributed by atoms with Crippen LogP contribution >= 0.6 is 0 Å². The van der Waals surface area contributed by atoms with Crippen molar-refractivity contribution in [2.45, 2.75) is 38.1 Å². The topological polar surface area (TPSA) is 43.2 Å². The van der Waals surface area contributed by atoms with E-state index in [9.17, 15) is 4.79 Å². The van der Waals surface area contributed by atoms with Crippen molar-refractivity contribution in [3.63, 3.8) is 0 Å². The maximum atomic E-state index is 13.0. The first-order valence-corrected chi connectivity index (χ1v) is 9.09. The van der Waals surface area contributed by atoms with Crippen LogP contribution in [0.4, 0.5) is 0 Å². The smallest absolute Gasteiger partial charge is 0.261 e. The third kappa shape index (κ3) is 3.51. The minimum Gasteiger partial charge on any atom is -0.496 e. The molecule has 24 heavy (non-hydrogen) atoms. The SMILES string of the molecule is COc1cccc(OC)c1C(=O)N1CC[NH+](C2CCCCC2)CC1. The lowest BCUT2D eigenvalue weighted by molar-refractivity contribution is -0.930. The van der Waals surface area contributed by atoms with Crippen molar-refractivity contribution in [3.05, 3.63) is 23.8 Å². The third-order valence-corrected chi connectivity index (χ3v) is 5.52. The highest BCUT2D eigenvalue weighted by Crippen LogP contribution is 2.29. The van der Waals surface area contributed by atoms with Gasteiger partial charge in [-0.3, -0.25) is 4.79 Å². The maximum Gasteiger partial charge on any atom is 0.261 e. The summed E-state index contributed by atoms with van der Waals surface area (Å²) >= 11 is 0. The normalized spacial score (nSPS) is 20.0. The second-order valence-corrected chi connectivity index (χ2v) is 6.82. The molecule has 0 unspecified atom stereocenters. The second-order valence-electron chi connectivity index (χ2n) is 6.82. The summed E-state index contributed by atoms with van der Waals surface area (Å²) in [6, 6.07) is 6.29. The molecule has 1 heterocycles. The summed E-state index contributed by atoms with van der Waals surface area (Å²) in [5.41, 5.74) is 0.545. The minimum atomic E-state index is 0.0204. The molecule has 0 radical (unpaired) electrons. The summed E-state index contributed by atoms with van der Waals surface area (Å²) in [4.78, 5) is 16.6. The van der Waals surface area contributed by atoms with Crippen LogP contribution in [0.25, 0.3) is 0 Å². The highest BCUT2D eigenvalue weighted by molar-refractivity contribution is 5.99. The number of hydrogen-bond donors (Lipinski definition) is 1. The lowest BCUT2D eigenvalue weighted by atomic mass is 9.94. The summed E-state index contributed by atoms with van der Waals surface area (Å²) in [6.45, 7) is 3.72. The van der Waals surface area contributed by atoms with E-state index in [-0.39, 0.29) is 5.91 Å². The second kappa shape index (κ2) is 7.88. The summed E-state index contributed by atoms with van der Waals surface area (Å²) < 4.78 is 10.8. The Morgan fingerprint density at radius 2 is 1.62 bits per heavy atom. The fraction of sp³-hybridized carbons (Fsp3) is 0.632. The molecule has 1 aliphatic carbocycles. The summed E-state index contributed by atoms with van der Waals surface area (Å²) in [6.07, 6.45) is 6.83. The van der Waals surface area contributed by atoms with Crippen LogP contribution in [0.2, 0.25) is 0 Å². The van der Waals surface area contributed by atoms with Crippen LogP contribution in [0, 0.1) is 0 Å². The largest absolute Gasteiger partial charge is 0.496 e. The number of piperazine rings is 1. The van der Waals surface area contributed by atoms with Gasteiger partial charge < -0.3 is 19.3 Å². The van der Waals surface area contributed by atoms with E-state index in [1.54, 1.807) is 19.1 Å². The first-order valence-electron chi connectivity index (χ1n) is 9.09. The quantitative estimate of drug-likeness (QED) is 0.905. The standard InChI is InChI=1S/C19H28N2O3/c1-23-16-9-6-10-17(24-2)18(16)19(22)21-13-11-20(12-14-21)15-7-4-3-5-8-15/h6,9-10,15H,3-5,7-8,11-14H2,1-2H3/p+1. The molecule has 1 aliphatic heterocycles. The number of nitrogens with zero attached hydrogens (tertiary/aromatic N) is 1. The van der Waals surface area contributed by atoms with E-state index in [0.29, 0.717) is 17.1 Å². The Labute approximate surface area is 144 Å². The van der Waals surface area contributed by atoms with Crippen LogP contribution in [0.15, 0.2) is 18.2 Å². The molecule has 1 N–H and O–H groups in total. The molecule has 0 aromatic heterocycles. The van der Waals surface area contributed by atoms with Gasteiger partial charge in [-0.2, -0.15) is 0 Å². The van der Waals surface area contributed by atoms with Crippen molar-refractivity contribution in [1.82, 2.24) is 4.90 Å². The van der Waals surface area contributed by atoms with E-state index in [1.807, 2.05) is 23.1 Å². The van der Waals surface area contributed by atoms with Crippen molar-refractivity contribution >= 4 is 5.91 Å². The van der Waals surface area contributed by atoms with E-state index < -0.39 is 0 Å². The van der Waals surface area contributed by atoms with Gasteiger partial charge in [-0.1, -0.05) is 12.5 Å². The summed E-state index contributed by atoms with van der Waals surface area (Å²) in [5, 5.41) is 0. The number of carbonyl (C=O) groups is 1. The molecule has 1 saturated carbocycles. The monoisotopic (exact) mass is 333 g/mol. The summed E-state index contributed by atoms with van der Waals surface area (Å²) in [5.74, 6) is 1.19. The van der Waals surface area contributed by atoms with E-state index in [4.69, 9.17) is 9.47 Å². The molecule has 3 rings (SSSR count). The Kier molecular flexibility index (Phi) is 5.61. The molecular formula is C19H29N2O3+. The molecule has 2 fully saturated rings. The van der Waals surface area contributed by atoms with Gasteiger partial charge in [0.05, 0.1) is 46.4 Å². The fourth-order valence-electron chi connectivity index (χ4n) is 4.14. The van der Waals surface area contributed by atoms with Gasteiger partial charge in [-0.15, -0.1) is 0 Å². The minimum absolute atomic E-state index is 0.0204. The number of rotatable bonds is 4. The zero-order valence-corrected chi connectivity index (χ0v) is 14.8. The molecule has 1 aromatic carbocycles. The van der Waals surface area contributed by atoms with Gasteiger partial charge in [0.1, 0.15) is 17.1 Å². The molecule has 0 bridgehead atoms.